The molecule has 7 nitrogen and oxygen atoms in total. The Labute approximate surface area is 198 Å². The minimum Gasteiger partial charge on any atom is -0.455 e. The van der Waals surface area contributed by atoms with Gasteiger partial charge in [0.2, 0.25) is 5.78 Å². The Kier molecular flexibility index (Phi) is 6.04. The van der Waals surface area contributed by atoms with E-state index in [-0.39, 0.29) is 24.0 Å². The molecule has 8 unspecified atom stereocenters. The first-order valence-electron chi connectivity index (χ1n) is 11.9. The number of nitrogens with two attached hydrogens (primary N) is 1. The number of Topliss-reactive ketones (excluding diaryl/α,β-unsaturated/α-hetero) is 2. The first kappa shape index (κ1) is 25.0. The van der Waals surface area contributed by atoms with Crippen molar-refractivity contribution in [2.45, 2.75) is 88.6 Å². The van der Waals surface area contributed by atoms with E-state index in [1.807, 2.05) is 6.92 Å². The highest BCUT2D eigenvalue weighted by Crippen LogP contribution is 2.71. The van der Waals surface area contributed by atoms with Crippen LogP contribution in [0.25, 0.3) is 0 Å². The molecule has 0 aromatic carbocycles. The molecular formula is C24H35ClFNO6. The van der Waals surface area contributed by atoms with Crippen LogP contribution in [0.2, 0.25) is 0 Å². The lowest BCUT2D eigenvalue weighted by atomic mass is 9.42. The highest BCUT2D eigenvalue weighted by molar-refractivity contribution is 6.29. The molecule has 4 saturated carbocycles. The normalized spacial score (nSPS) is 50.1. The Morgan fingerprint density at radius 1 is 1.27 bits per heavy atom. The molecule has 4 aliphatic rings. The molecule has 0 saturated heterocycles. The van der Waals surface area contributed by atoms with Gasteiger partial charge in [0.15, 0.2) is 12.1 Å². The molecule has 9 heteroatoms. The summed E-state index contributed by atoms with van der Waals surface area (Å²) in [5.41, 5.74) is -1.86. The molecule has 0 bridgehead atoms. The number of esters is 1. The van der Waals surface area contributed by atoms with Crippen LogP contribution >= 0.6 is 11.6 Å². The number of ether oxygens (including phenoxy) is 1. The summed E-state index contributed by atoms with van der Waals surface area (Å²) in [6.45, 7) is 4.67. The third kappa shape index (κ3) is 3.20. The smallest absolute Gasteiger partial charge is 0.338 e. The summed E-state index contributed by atoms with van der Waals surface area (Å²) in [6.07, 6.45) is 1.19. The third-order valence-electron chi connectivity index (χ3n) is 10.1. The van der Waals surface area contributed by atoms with Gasteiger partial charge in [0.05, 0.1) is 6.10 Å². The Bertz CT molecular complexity index is 870. The SMILES string of the molecule is C[C@H]1CC2C3CCC4CC(=O)CC[C@]4(C)C3(F)C(O)CC2(C)C1(O)C(=O)COC(=O)C(N)Cl. The molecule has 0 aromatic heterocycles. The zero-order valence-electron chi connectivity index (χ0n) is 19.5. The van der Waals surface area contributed by atoms with Crippen LogP contribution in [0.4, 0.5) is 4.39 Å². The second-order valence-corrected chi connectivity index (χ2v) is 11.9. The maximum Gasteiger partial charge on any atom is 0.338 e. The van der Waals surface area contributed by atoms with Gasteiger partial charge in [0.1, 0.15) is 17.1 Å². The summed E-state index contributed by atoms with van der Waals surface area (Å²) in [7, 11) is 0. The van der Waals surface area contributed by atoms with E-state index in [0.717, 1.165) is 0 Å². The number of rotatable bonds is 4. The van der Waals surface area contributed by atoms with E-state index in [1.54, 1.807) is 13.8 Å². The van der Waals surface area contributed by atoms with Crippen molar-refractivity contribution in [1.82, 2.24) is 0 Å². The van der Waals surface area contributed by atoms with Crippen molar-refractivity contribution in [3.63, 3.8) is 0 Å². The Morgan fingerprint density at radius 2 is 1.94 bits per heavy atom. The van der Waals surface area contributed by atoms with Gasteiger partial charge in [-0.1, -0.05) is 32.4 Å². The summed E-state index contributed by atoms with van der Waals surface area (Å²) < 4.78 is 22.1. The van der Waals surface area contributed by atoms with Gasteiger partial charge in [0, 0.05) is 23.7 Å². The number of halogens is 2. The monoisotopic (exact) mass is 487 g/mol. The van der Waals surface area contributed by atoms with E-state index < -0.39 is 63.9 Å². The van der Waals surface area contributed by atoms with Gasteiger partial charge in [-0.3, -0.25) is 9.59 Å². The summed E-state index contributed by atoms with van der Waals surface area (Å²) in [6, 6.07) is 0. The third-order valence-corrected chi connectivity index (χ3v) is 10.3. The zero-order chi connectivity index (χ0) is 24.6. The average Bonchev–Trinajstić information content (AvgIpc) is 2.94. The number of aliphatic hydroxyl groups excluding tert-OH is 1. The predicted octanol–water partition coefficient (Wildman–Crippen LogP) is 2.27. The van der Waals surface area contributed by atoms with E-state index in [1.165, 1.54) is 0 Å². The molecule has 4 rings (SSSR count). The Balaban J connectivity index is 1.67. The number of carbonyl (C=O) groups is 3. The number of fused-ring (bicyclic) bond motifs is 5. The fraction of sp³-hybridized carbons (Fsp3) is 0.875. The first-order valence-corrected chi connectivity index (χ1v) is 12.4. The molecule has 4 N–H and O–H groups in total. The van der Waals surface area contributed by atoms with E-state index in [2.05, 4.69) is 0 Å². The minimum atomic E-state index is -1.90. The van der Waals surface area contributed by atoms with Crippen molar-refractivity contribution in [2.75, 3.05) is 6.61 Å². The molecule has 0 aliphatic heterocycles. The van der Waals surface area contributed by atoms with Crippen molar-refractivity contribution < 1.29 is 33.7 Å². The standard InChI is InChI=1S/C24H35ClFNO6/c1-12-8-16-15-5-4-13-9-14(28)6-7-21(13,2)23(15,26)17(29)10-22(16,3)24(12,32)18(30)11-33-20(31)19(25)27/h12-13,15-17,19,29,32H,4-11,27H2,1-3H3/t12-,13?,15?,16?,17?,19?,21-,22?,23?,24?/m0/s1. The first-order chi connectivity index (χ1) is 15.2. The zero-order valence-corrected chi connectivity index (χ0v) is 20.2. The molecule has 10 atom stereocenters. The molecule has 0 heterocycles. The largest absolute Gasteiger partial charge is 0.455 e. The number of ketones is 2. The number of hydrogen-bond donors (Lipinski definition) is 3. The summed E-state index contributed by atoms with van der Waals surface area (Å²) in [5, 5.41) is 23.1. The molecule has 33 heavy (non-hydrogen) atoms. The van der Waals surface area contributed by atoms with Gasteiger partial charge < -0.3 is 20.7 Å². The molecule has 0 radical (unpaired) electrons. The highest BCUT2D eigenvalue weighted by Gasteiger charge is 2.76. The minimum absolute atomic E-state index is 0.0868. The van der Waals surface area contributed by atoms with Gasteiger partial charge in [-0.15, -0.1) is 0 Å². The van der Waals surface area contributed by atoms with E-state index >= 15 is 4.39 Å². The lowest BCUT2D eigenvalue weighted by Crippen LogP contribution is -2.71. The second kappa shape index (κ2) is 7.97. The van der Waals surface area contributed by atoms with Crippen molar-refractivity contribution in [1.29, 1.82) is 0 Å². The highest BCUT2D eigenvalue weighted by atomic mass is 35.5. The van der Waals surface area contributed by atoms with Crippen LogP contribution in [0.15, 0.2) is 0 Å². The molecule has 0 amide bonds. The van der Waals surface area contributed by atoms with Crippen LogP contribution in [0, 0.1) is 34.5 Å². The van der Waals surface area contributed by atoms with Gasteiger partial charge >= 0.3 is 5.97 Å². The number of carbonyl (C=O) groups excluding carboxylic acids is 3. The van der Waals surface area contributed by atoms with Crippen LogP contribution < -0.4 is 5.73 Å². The topological polar surface area (TPSA) is 127 Å². The predicted molar refractivity (Wildman–Crippen MR) is 118 cm³/mol. The molecule has 0 aromatic rings. The average molecular weight is 488 g/mol. The second-order valence-electron chi connectivity index (χ2n) is 11.4. The lowest BCUT2D eigenvalue weighted by molar-refractivity contribution is -0.255. The quantitative estimate of drug-likeness (QED) is 0.315. The molecule has 0 spiro atoms. The number of aliphatic hydroxyl groups is 2. The maximum atomic E-state index is 17.2. The van der Waals surface area contributed by atoms with Crippen molar-refractivity contribution in [3.8, 4) is 0 Å². The van der Waals surface area contributed by atoms with Crippen LogP contribution in [0.1, 0.15) is 65.7 Å². The number of alkyl halides is 2. The molecule has 186 valence electrons. The maximum absolute atomic E-state index is 17.2. The summed E-state index contributed by atoms with van der Waals surface area (Å²) in [4.78, 5) is 37.0. The van der Waals surface area contributed by atoms with Gasteiger partial charge in [0.25, 0.3) is 0 Å². The van der Waals surface area contributed by atoms with E-state index in [9.17, 15) is 24.6 Å². The molecule has 4 fully saturated rings. The fourth-order valence-corrected chi connectivity index (χ4v) is 8.37. The van der Waals surface area contributed by atoms with Gasteiger partial charge in [-0.05, 0) is 55.8 Å². The van der Waals surface area contributed by atoms with Crippen molar-refractivity contribution in [3.05, 3.63) is 0 Å². The van der Waals surface area contributed by atoms with E-state index in [4.69, 9.17) is 22.1 Å². The molecule has 4 aliphatic carbocycles. The van der Waals surface area contributed by atoms with Crippen LogP contribution in [-0.2, 0) is 19.1 Å². The van der Waals surface area contributed by atoms with Crippen LogP contribution in [0.3, 0.4) is 0 Å². The van der Waals surface area contributed by atoms with Crippen molar-refractivity contribution in [2.24, 2.45) is 40.2 Å². The van der Waals surface area contributed by atoms with E-state index in [0.29, 0.717) is 38.5 Å². The summed E-state index contributed by atoms with van der Waals surface area (Å²) in [5.74, 6) is -3.01. The Hall–Kier alpha value is -1.09. The number of hydrogen-bond acceptors (Lipinski definition) is 7. The fourth-order valence-electron chi connectivity index (χ4n) is 8.31. The van der Waals surface area contributed by atoms with Gasteiger partial charge in [-0.2, -0.15) is 0 Å². The summed E-state index contributed by atoms with van der Waals surface area (Å²) >= 11 is 5.50. The lowest BCUT2D eigenvalue weighted by Gasteiger charge is -2.65. The molecular weight excluding hydrogens is 453 g/mol. The Morgan fingerprint density at radius 3 is 2.58 bits per heavy atom. The van der Waals surface area contributed by atoms with Crippen LogP contribution in [0.5, 0.6) is 0 Å². The van der Waals surface area contributed by atoms with Gasteiger partial charge in [-0.25, -0.2) is 9.18 Å². The van der Waals surface area contributed by atoms with Crippen molar-refractivity contribution >= 4 is 29.1 Å². The van der Waals surface area contributed by atoms with Crippen LogP contribution in [-0.4, -0.2) is 57.2 Å².